The third-order valence-corrected chi connectivity index (χ3v) is 2.60. The molecule has 0 aliphatic rings. The lowest BCUT2D eigenvalue weighted by Crippen LogP contribution is -2.49. The fourth-order valence-electron chi connectivity index (χ4n) is 1.54. The van der Waals surface area contributed by atoms with Crippen LogP contribution in [0.2, 0.25) is 0 Å². The number of carbonyl (C=O) groups excluding carboxylic acids is 1. The molecule has 0 amide bonds. The Hall–Kier alpha value is -1.95. The summed E-state index contributed by atoms with van der Waals surface area (Å²) < 4.78 is 4.69. The number of hydrogen-bond donors (Lipinski definition) is 1. The Bertz CT molecular complexity index is 420. The Labute approximate surface area is 104 Å². The molecular formula is C12H15NO5. The van der Waals surface area contributed by atoms with Gasteiger partial charge in [-0.25, -0.2) is 0 Å². The van der Waals surface area contributed by atoms with Gasteiger partial charge in [0.25, 0.3) is 5.54 Å². The maximum absolute atomic E-state index is 11.1. The van der Waals surface area contributed by atoms with Crippen LogP contribution in [0.1, 0.15) is 12.5 Å². The number of nitrogens with zero attached hydrogens (tertiary/aromatic N) is 1. The molecule has 18 heavy (non-hydrogen) atoms. The molecule has 0 aromatic heterocycles. The number of esters is 1. The number of carbonyl (C=O) groups is 1. The Balaban J connectivity index is 2.89. The zero-order valence-corrected chi connectivity index (χ0v) is 10.0. The number of hydrogen-bond acceptors (Lipinski definition) is 5. The molecule has 6 heteroatoms. The van der Waals surface area contributed by atoms with Crippen LogP contribution in [0.5, 0.6) is 0 Å². The molecule has 0 saturated heterocycles. The van der Waals surface area contributed by atoms with Crippen molar-refractivity contribution < 1.29 is 19.6 Å². The third kappa shape index (κ3) is 3.53. The van der Waals surface area contributed by atoms with Crippen LogP contribution in [0.3, 0.4) is 0 Å². The van der Waals surface area contributed by atoms with Gasteiger partial charge in [0.1, 0.15) is 6.61 Å². The second-order valence-corrected chi connectivity index (χ2v) is 4.08. The van der Waals surface area contributed by atoms with Gasteiger partial charge in [0.05, 0.1) is 0 Å². The Morgan fingerprint density at radius 3 is 2.50 bits per heavy atom. The van der Waals surface area contributed by atoms with E-state index in [2.05, 4.69) is 0 Å². The normalized spacial score (nSPS) is 13.7. The number of aliphatic hydroxyl groups is 1. The van der Waals surface area contributed by atoms with Crippen molar-refractivity contribution in [1.29, 1.82) is 0 Å². The summed E-state index contributed by atoms with van der Waals surface area (Å²) in [7, 11) is 0. The van der Waals surface area contributed by atoms with E-state index in [4.69, 9.17) is 4.74 Å². The molecule has 0 radical (unpaired) electrons. The molecule has 0 bridgehead atoms. The van der Waals surface area contributed by atoms with Gasteiger partial charge >= 0.3 is 5.97 Å². The number of ether oxygens (including phenoxy) is 1. The van der Waals surface area contributed by atoms with Crippen molar-refractivity contribution in [3.8, 4) is 0 Å². The molecule has 0 aliphatic carbocycles. The molecule has 0 aliphatic heterocycles. The van der Waals surface area contributed by atoms with Crippen molar-refractivity contribution in [2.75, 3.05) is 13.2 Å². The highest BCUT2D eigenvalue weighted by molar-refractivity contribution is 5.65. The van der Waals surface area contributed by atoms with Crippen molar-refractivity contribution in [2.24, 2.45) is 0 Å². The van der Waals surface area contributed by atoms with E-state index in [1.807, 2.05) is 0 Å². The topological polar surface area (TPSA) is 89.7 Å². The smallest absolute Gasteiger partial charge is 0.302 e. The van der Waals surface area contributed by atoms with Crippen molar-refractivity contribution in [3.63, 3.8) is 0 Å². The molecule has 6 nitrogen and oxygen atoms in total. The fourth-order valence-corrected chi connectivity index (χ4v) is 1.54. The number of benzene rings is 1. The van der Waals surface area contributed by atoms with Gasteiger partial charge in [0.2, 0.25) is 0 Å². The van der Waals surface area contributed by atoms with Crippen LogP contribution in [0.25, 0.3) is 0 Å². The standard InChI is InChI=1S/C12H15NO5/c1-10(15)18-9-12(8-14,13(16)17)7-11-5-3-2-4-6-11/h2-6,14H,7-9H2,1H3/t12-/m1/s1. The highest BCUT2D eigenvalue weighted by Crippen LogP contribution is 2.18. The van der Waals surface area contributed by atoms with E-state index in [9.17, 15) is 20.0 Å². The number of aliphatic hydroxyl groups excluding tert-OH is 1. The van der Waals surface area contributed by atoms with E-state index in [-0.39, 0.29) is 6.42 Å². The number of rotatable bonds is 6. The van der Waals surface area contributed by atoms with Crippen LogP contribution in [0.15, 0.2) is 30.3 Å². The predicted molar refractivity (Wildman–Crippen MR) is 63.6 cm³/mol. The quantitative estimate of drug-likeness (QED) is 0.460. The molecule has 1 atom stereocenters. The first-order valence-corrected chi connectivity index (χ1v) is 5.43. The molecule has 1 N–H and O–H groups in total. The molecule has 98 valence electrons. The summed E-state index contributed by atoms with van der Waals surface area (Å²) in [5, 5.41) is 20.4. The largest absolute Gasteiger partial charge is 0.458 e. The lowest BCUT2D eigenvalue weighted by Gasteiger charge is -2.22. The molecule has 0 unspecified atom stereocenters. The molecule has 0 heterocycles. The summed E-state index contributed by atoms with van der Waals surface area (Å²) in [6.07, 6.45) is 0.00458. The molecule has 1 rings (SSSR count). The average molecular weight is 253 g/mol. The first-order valence-electron chi connectivity index (χ1n) is 5.43. The number of nitro groups is 1. The lowest BCUT2D eigenvalue weighted by molar-refractivity contribution is -0.576. The van der Waals surface area contributed by atoms with Crippen LogP contribution < -0.4 is 0 Å². The molecule has 1 aromatic rings. The van der Waals surface area contributed by atoms with Gasteiger partial charge < -0.3 is 9.84 Å². The minimum absolute atomic E-state index is 0.00458. The minimum atomic E-state index is -1.69. The lowest BCUT2D eigenvalue weighted by atomic mass is 9.93. The van der Waals surface area contributed by atoms with Crippen LogP contribution in [0.4, 0.5) is 0 Å². The van der Waals surface area contributed by atoms with Crippen LogP contribution >= 0.6 is 0 Å². The van der Waals surface area contributed by atoms with E-state index >= 15 is 0 Å². The van der Waals surface area contributed by atoms with Crippen LogP contribution in [-0.4, -0.2) is 34.8 Å². The Morgan fingerprint density at radius 1 is 1.44 bits per heavy atom. The Morgan fingerprint density at radius 2 is 2.06 bits per heavy atom. The van der Waals surface area contributed by atoms with Gasteiger partial charge in [-0.3, -0.25) is 14.9 Å². The maximum Gasteiger partial charge on any atom is 0.302 e. The SMILES string of the molecule is CC(=O)OC[C@](CO)(Cc1ccccc1)[N+](=O)[O-]. The third-order valence-electron chi connectivity index (χ3n) is 2.60. The summed E-state index contributed by atoms with van der Waals surface area (Å²) in [5.74, 6) is -0.609. The second kappa shape index (κ2) is 6.11. The van der Waals surface area contributed by atoms with E-state index in [1.165, 1.54) is 6.92 Å². The fraction of sp³-hybridized carbons (Fsp3) is 0.417. The molecule has 1 aromatic carbocycles. The molecular weight excluding hydrogens is 238 g/mol. The summed E-state index contributed by atoms with van der Waals surface area (Å²) in [6, 6.07) is 8.75. The van der Waals surface area contributed by atoms with E-state index in [0.29, 0.717) is 5.56 Å². The summed E-state index contributed by atoms with van der Waals surface area (Å²) in [4.78, 5) is 21.3. The maximum atomic E-state index is 11.1. The molecule has 0 saturated carbocycles. The van der Waals surface area contributed by atoms with Crippen molar-refractivity contribution in [3.05, 3.63) is 46.0 Å². The van der Waals surface area contributed by atoms with Crippen molar-refractivity contribution >= 4 is 5.97 Å². The zero-order valence-electron chi connectivity index (χ0n) is 10.0. The summed E-state index contributed by atoms with van der Waals surface area (Å²) in [6.45, 7) is 0.0352. The van der Waals surface area contributed by atoms with E-state index in [1.54, 1.807) is 30.3 Å². The Kier molecular flexibility index (Phi) is 4.79. The summed E-state index contributed by atoms with van der Waals surface area (Å²) in [5.41, 5.74) is -0.983. The summed E-state index contributed by atoms with van der Waals surface area (Å²) >= 11 is 0. The first kappa shape index (κ1) is 14.1. The van der Waals surface area contributed by atoms with Crippen molar-refractivity contribution in [2.45, 2.75) is 18.9 Å². The van der Waals surface area contributed by atoms with Gasteiger partial charge in [0, 0.05) is 18.3 Å². The van der Waals surface area contributed by atoms with Gasteiger partial charge in [-0.2, -0.15) is 0 Å². The molecule has 0 spiro atoms. The van der Waals surface area contributed by atoms with Gasteiger partial charge in [0.15, 0.2) is 6.61 Å². The highest BCUT2D eigenvalue weighted by atomic mass is 16.6. The second-order valence-electron chi connectivity index (χ2n) is 4.08. The van der Waals surface area contributed by atoms with Crippen LogP contribution in [-0.2, 0) is 16.0 Å². The van der Waals surface area contributed by atoms with Crippen LogP contribution in [0, 0.1) is 10.1 Å². The first-order chi connectivity index (χ1) is 8.50. The van der Waals surface area contributed by atoms with E-state index in [0.717, 1.165) is 0 Å². The van der Waals surface area contributed by atoms with Crippen molar-refractivity contribution in [1.82, 2.24) is 0 Å². The monoisotopic (exact) mass is 253 g/mol. The van der Waals surface area contributed by atoms with E-state index < -0.39 is 29.6 Å². The van der Waals surface area contributed by atoms with Gasteiger partial charge in [-0.1, -0.05) is 30.3 Å². The average Bonchev–Trinajstić information content (AvgIpc) is 2.35. The molecule has 0 fully saturated rings. The van der Waals surface area contributed by atoms with Gasteiger partial charge in [-0.05, 0) is 5.56 Å². The predicted octanol–water partition coefficient (Wildman–Crippen LogP) is 0.800. The van der Waals surface area contributed by atoms with Gasteiger partial charge in [-0.15, -0.1) is 0 Å². The zero-order chi connectivity index (χ0) is 13.6. The highest BCUT2D eigenvalue weighted by Gasteiger charge is 2.44. The minimum Gasteiger partial charge on any atom is -0.458 e.